The van der Waals surface area contributed by atoms with Crippen LogP contribution in [0.1, 0.15) is 34.6 Å². The molecule has 6 heteroatoms. The maximum Gasteiger partial charge on any atom is 0.357 e. The van der Waals surface area contributed by atoms with Gasteiger partial charge in [0, 0.05) is 0 Å². The highest BCUT2D eigenvalue weighted by Crippen LogP contribution is 2.59. The standard InChI is InChI=1S/C10H23O5P/c1-7(2)10(8(3)4,16(12,13)14)15-9(5)6-11/h7-9,11H,6H2,1-5H3,(H2,12,13,14)/t9-/m1/s1. The Bertz CT molecular complexity index is 250. The van der Waals surface area contributed by atoms with Gasteiger partial charge in [-0.25, -0.2) is 0 Å². The van der Waals surface area contributed by atoms with Crippen LogP contribution in [0.3, 0.4) is 0 Å². The predicted octanol–water partition coefficient (Wildman–Crippen LogP) is 1.57. The molecule has 0 radical (unpaired) electrons. The third kappa shape index (κ3) is 3.05. The van der Waals surface area contributed by atoms with Gasteiger partial charge in [-0.1, -0.05) is 27.7 Å². The smallest absolute Gasteiger partial charge is 0.357 e. The Morgan fingerprint density at radius 3 is 1.69 bits per heavy atom. The number of rotatable bonds is 6. The largest absolute Gasteiger partial charge is 0.394 e. The fraction of sp³-hybridized carbons (Fsp3) is 1.00. The van der Waals surface area contributed by atoms with Gasteiger partial charge >= 0.3 is 7.60 Å². The van der Waals surface area contributed by atoms with Gasteiger partial charge in [0.1, 0.15) is 0 Å². The van der Waals surface area contributed by atoms with Gasteiger partial charge in [-0.15, -0.1) is 0 Å². The highest BCUT2D eigenvalue weighted by atomic mass is 31.2. The molecule has 0 spiro atoms. The Kier molecular flexibility index (Phi) is 5.63. The molecule has 0 amide bonds. The van der Waals surface area contributed by atoms with Crippen LogP contribution < -0.4 is 0 Å². The monoisotopic (exact) mass is 254 g/mol. The van der Waals surface area contributed by atoms with Crippen LogP contribution in [0.2, 0.25) is 0 Å². The fourth-order valence-electron chi connectivity index (χ4n) is 2.04. The zero-order valence-electron chi connectivity index (χ0n) is 10.5. The zero-order valence-corrected chi connectivity index (χ0v) is 11.4. The molecular weight excluding hydrogens is 231 g/mol. The van der Waals surface area contributed by atoms with E-state index in [2.05, 4.69) is 0 Å². The minimum Gasteiger partial charge on any atom is -0.394 e. The molecule has 1 atom stereocenters. The second kappa shape index (κ2) is 5.61. The summed E-state index contributed by atoms with van der Waals surface area (Å²) < 4.78 is 17.1. The summed E-state index contributed by atoms with van der Waals surface area (Å²) in [5, 5.41) is 7.42. The van der Waals surface area contributed by atoms with Gasteiger partial charge in [0.2, 0.25) is 0 Å². The SMILES string of the molecule is CC(C)C(O[C@H](C)CO)(C(C)C)P(=O)(O)O. The molecular formula is C10H23O5P. The lowest BCUT2D eigenvalue weighted by atomic mass is 9.95. The molecule has 0 bridgehead atoms. The normalized spacial score (nSPS) is 15.9. The van der Waals surface area contributed by atoms with Crippen molar-refractivity contribution in [2.24, 2.45) is 11.8 Å². The molecule has 16 heavy (non-hydrogen) atoms. The predicted molar refractivity (Wildman–Crippen MR) is 62.1 cm³/mol. The van der Waals surface area contributed by atoms with Crippen LogP contribution in [0, 0.1) is 11.8 Å². The van der Waals surface area contributed by atoms with E-state index in [0.717, 1.165) is 0 Å². The van der Waals surface area contributed by atoms with Gasteiger partial charge in [0.25, 0.3) is 0 Å². The Balaban J connectivity index is 5.38. The minimum absolute atomic E-state index is 0.263. The van der Waals surface area contributed by atoms with Gasteiger partial charge < -0.3 is 19.6 Å². The van der Waals surface area contributed by atoms with Crippen molar-refractivity contribution in [3.05, 3.63) is 0 Å². The molecule has 0 rings (SSSR count). The molecule has 98 valence electrons. The van der Waals surface area contributed by atoms with Crippen molar-refractivity contribution in [3.63, 3.8) is 0 Å². The molecule has 0 heterocycles. The zero-order chi connectivity index (χ0) is 13.1. The number of hydrogen-bond donors (Lipinski definition) is 3. The number of aliphatic hydroxyl groups is 1. The molecule has 5 nitrogen and oxygen atoms in total. The first-order valence-corrected chi connectivity index (χ1v) is 7.05. The van der Waals surface area contributed by atoms with E-state index in [9.17, 15) is 14.4 Å². The maximum atomic E-state index is 11.7. The van der Waals surface area contributed by atoms with Gasteiger partial charge in [-0.3, -0.25) is 4.57 Å². The molecule has 0 saturated heterocycles. The van der Waals surface area contributed by atoms with Crippen molar-refractivity contribution in [2.45, 2.75) is 46.1 Å². The quantitative estimate of drug-likeness (QED) is 0.626. The van der Waals surface area contributed by atoms with Crippen LogP contribution in [0.15, 0.2) is 0 Å². The summed E-state index contributed by atoms with van der Waals surface area (Å²) in [6.07, 6.45) is -0.600. The van der Waals surface area contributed by atoms with Crippen molar-refractivity contribution >= 4 is 7.60 Å². The molecule has 0 aliphatic carbocycles. The highest BCUT2D eigenvalue weighted by molar-refractivity contribution is 7.53. The molecule has 0 aliphatic rings. The van der Waals surface area contributed by atoms with Gasteiger partial charge in [0.15, 0.2) is 5.34 Å². The topological polar surface area (TPSA) is 87.0 Å². The lowest BCUT2D eigenvalue weighted by molar-refractivity contribution is -0.112. The molecule has 3 N–H and O–H groups in total. The molecule has 0 aliphatic heterocycles. The third-order valence-electron chi connectivity index (χ3n) is 2.76. The Morgan fingerprint density at radius 2 is 1.50 bits per heavy atom. The highest BCUT2D eigenvalue weighted by Gasteiger charge is 2.54. The van der Waals surface area contributed by atoms with Crippen molar-refractivity contribution < 1.29 is 24.2 Å². The van der Waals surface area contributed by atoms with Crippen LogP contribution in [0.25, 0.3) is 0 Å². The van der Waals surface area contributed by atoms with Crippen LogP contribution in [0.4, 0.5) is 0 Å². The number of ether oxygens (including phenoxy) is 1. The molecule has 0 fully saturated rings. The maximum absolute atomic E-state index is 11.7. The lowest BCUT2D eigenvalue weighted by Crippen LogP contribution is -2.46. The van der Waals surface area contributed by atoms with Crippen molar-refractivity contribution in [1.82, 2.24) is 0 Å². The minimum atomic E-state index is -4.42. The van der Waals surface area contributed by atoms with Crippen molar-refractivity contribution in [3.8, 4) is 0 Å². The van der Waals surface area contributed by atoms with Gasteiger partial charge in [-0.2, -0.15) is 0 Å². The van der Waals surface area contributed by atoms with E-state index >= 15 is 0 Å². The van der Waals surface area contributed by atoms with E-state index in [1.165, 1.54) is 0 Å². The first-order valence-electron chi connectivity index (χ1n) is 5.43. The van der Waals surface area contributed by atoms with E-state index in [1.807, 2.05) is 0 Å². The van der Waals surface area contributed by atoms with Crippen molar-refractivity contribution in [2.75, 3.05) is 6.61 Å². The van der Waals surface area contributed by atoms with E-state index in [0.29, 0.717) is 0 Å². The third-order valence-corrected chi connectivity index (χ3v) is 4.81. The summed E-state index contributed by atoms with van der Waals surface area (Å²) in [4.78, 5) is 19.0. The van der Waals surface area contributed by atoms with Crippen LogP contribution in [-0.4, -0.2) is 32.9 Å². The molecule has 0 unspecified atom stereocenters. The van der Waals surface area contributed by atoms with E-state index in [1.54, 1.807) is 34.6 Å². The van der Waals surface area contributed by atoms with Crippen LogP contribution >= 0.6 is 7.60 Å². The van der Waals surface area contributed by atoms with Gasteiger partial charge in [-0.05, 0) is 18.8 Å². The Hall–Kier alpha value is 0.0700. The first kappa shape index (κ1) is 16.1. The summed E-state index contributed by atoms with van der Waals surface area (Å²) in [6, 6.07) is 0. The molecule has 0 aromatic carbocycles. The Morgan fingerprint density at radius 1 is 1.12 bits per heavy atom. The summed E-state index contributed by atoms with van der Waals surface area (Å²) in [7, 11) is -4.42. The lowest BCUT2D eigenvalue weighted by Gasteiger charge is -2.42. The summed E-state index contributed by atoms with van der Waals surface area (Å²) in [5.41, 5.74) is 0. The summed E-state index contributed by atoms with van der Waals surface area (Å²) in [6.45, 7) is 8.18. The van der Waals surface area contributed by atoms with E-state index < -0.39 is 19.0 Å². The molecule has 0 saturated carbocycles. The number of hydrogen-bond acceptors (Lipinski definition) is 3. The Labute approximate surface area is 97.0 Å². The summed E-state index contributed by atoms with van der Waals surface area (Å²) in [5.74, 6) is -0.690. The fourth-order valence-corrected chi connectivity index (χ4v) is 3.70. The van der Waals surface area contributed by atoms with Crippen molar-refractivity contribution in [1.29, 1.82) is 0 Å². The van der Waals surface area contributed by atoms with Crippen LogP contribution in [-0.2, 0) is 9.30 Å². The summed E-state index contributed by atoms with van der Waals surface area (Å²) >= 11 is 0. The molecule has 0 aromatic rings. The van der Waals surface area contributed by atoms with Crippen LogP contribution in [0.5, 0.6) is 0 Å². The molecule has 0 aromatic heterocycles. The number of aliphatic hydroxyl groups excluding tert-OH is 1. The second-order valence-corrected chi connectivity index (χ2v) is 6.50. The van der Waals surface area contributed by atoms with Gasteiger partial charge in [0.05, 0.1) is 12.7 Å². The average molecular weight is 254 g/mol. The average Bonchev–Trinajstić information content (AvgIpc) is 2.10. The first-order chi connectivity index (χ1) is 7.09. The van der Waals surface area contributed by atoms with E-state index in [-0.39, 0.29) is 18.4 Å². The van der Waals surface area contributed by atoms with E-state index in [4.69, 9.17) is 9.84 Å². The second-order valence-electron chi connectivity index (χ2n) is 4.72.